The van der Waals surface area contributed by atoms with Crippen LogP contribution in [-0.2, 0) is 28.8 Å². The molecule has 4 heterocycles. The second-order valence-corrected chi connectivity index (χ2v) is 12.3. The van der Waals surface area contributed by atoms with Crippen LogP contribution in [0.3, 0.4) is 0 Å². The number of hydroxylamine groups is 1. The molecule has 0 saturated carbocycles. The first kappa shape index (κ1) is 28.6. The molecule has 4 aliphatic rings. The fourth-order valence-corrected chi connectivity index (χ4v) is 7.66. The first-order valence-electron chi connectivity index (χ1n) is 13.5. The lowest BCUT2D eigenvalue weighted by molar-refractivity contribution is -0.160. The molecule has 0 aliphatic carbocycles. The third-order valence-electron chi connectivity index (χ3n) is 7.97. The van der Waals surface area contributed by atoms with Crippen molar-refractivity contribution in [3.05, 3.63) is 10.6 Å². The molecular weight excluding hydrogens is 512 g/mol. The molecule has 3 fully saturated rings. The van der Waals surface area contributed by atoms with Gasteiger partial charge < -0.3 is 25.0 Å². The number of ketones is 1. The summed E-state index contributed by atoms with van der Waals surface area (Å²) in [6, 6.07) is -0.634. The Kier molecular flexibility index (Phi) is 8.83. The number of aliphatic carboxylic acids is 1. The molecule has 210 valence electrons. The van der Waals surface area contributed by atoms with Crippen molar-refractivity contribution in [1.29, 1.82) is 0 Å². The van der Waals surface area contributed by atoms with Crippen LogP contribution in [0, 0.1) is 17.8 Å². The van der Waals surface area contributed by atoms with Gasteiger partial charge in [0, 0.05) is 48.5 Å². The number of nitrogens with zero attached hydrogens (tertiary/aromatic N) is 2. The van der Waals surface area contributed by atoms with E-state index in [2.05, 4.69) is 10.8 Å². The van der Waals surface area contributed by atoms with Crippen LogP contribution in [0.2, 0.25) is 0 Å². The van der Waals surface area contributed by atoms with E-state index in [1.807, 2.05) is 20.8 Å². The molecule has 0 spiro atoms. The number of nitrogens with one attached hydrogen (secondary N) is 2. The van der Waals surface area contributed by atoms with Crippen molar-refractivity contribution in [3.8, 4) is 0 Å². The van der Waals surface area contributed by atoms with Gasteiger partial charge in [0.25, 0.3) is 0 Å². The van der Waals surface area contributed by atoms with Crippen LogP contribution in [-0.4, -0.2) is 87.5 Å². The molecule has 3 amide bonds. The second kappa shape index (κ2) is 11.7. The van der Waals surface area contributed by atoms with Gasteiger partial charge in [0.1, 0.15) is 17.6 Å². The fourth-order valence-electron chi connectivity index (χ4n) is 6.18. The van der Waals surface area contributed by atoms with Gasteiger partial charge in [0.05, 0.1) is 18.0 Å². The number of Topliss-reactive ketones (excluding diaryl/α,β-unsaturated/α-hetero) is 1. The number of rotatable bonds is 11. The molecule has 0 bridgehead atoms. The number of carbonyl (C=O) groups excluding carboxylic acids is 4. The number of thioether (sulfide) groups is 1. The van der Waals surface area contributed by atoms with Gasteiger partial charge >= 0.3 is 5.97 Å². The lowest BCUT2D eigenvalue weighted by atomic mass is 9.73. The molecule has 0 unspecified atom stereocenters. The summed E-state index contributed by atoms with van der Waals surface area (Å²) in [6.45, 7) is 8.75. The van der Waals surface area contributed by atoms with Gasteiger partial charge in [-0.15, -0.1) is 11.8 Å². The van der Waals surface area contributed by atoms with Crippen molar-refractivity contribution >= 4 is 41.2 Å². The quantitative estimate of drug-likeness (QED) is 0.256. The highest BCUT2D eigenvalue weighted by Gasteiger charge is 2.60. The predicted octanol–water partition coefficient (Wildman–Crippen LogP) is 1.29. The number of hydrogen-bond donors (Lipinski definition) is 3. The predicted molar refractivity (Wildman–Crippen MR) is 139 cm³/mol. The largest absolute Gasteiger partial charge is 0.477 e. The zero-order valence-electron chi connectivity index (χ0n) is 22.4. The average molecular weight is 551 g/mol. The van der Waals surface area contributed by atoms with Gasteiger partial charge in [-0.1, -0.05) is 20.8 Å². The number of carboxylic acids is 1. The van der Waals surface area contributed by atoms with E-state index in [9.17, 15) is 29.1 Å². The number of likely N-dealkylation sites (tertiary alicyclic amines) is 1. The van der Waals surface area contributed by atoms with Crippen LogP contribution < -0.4 is 10.8 Å². The molecule has 4 aliphatic heterocycles. The Labute approximate surface area is 227 Å². The maximum atomic E-state index is 13.1. The van der Waals surface area contributed by atoms with E-state index < -0.39 is 5.97 Å². The number of carboxylic acid groups (broad SMARTS) is 1. The monoisotopic (exact) mass is 550 g/mol. The van der Waals surface area contributed by atoms with Gasteiger partial charge in [-0.3, -0.25) is 19.2 Å². The van der Waals surface area contributed by atoms with E-state index in [4.69, 9.17) is 4.84 Å². The third kappa shape index (κ3) is 5.62. The van der Waals surface area contributed by atoms with E-state index in [1.54, 1.807) is 4.90 Å². The first-order valence-corrected chi connectivity index (χ1v) is 14.3. The Morgan fingerprint density at radius 1 is 1.29 bits per heavy atom. The summed E-state index contributed by atoms with van der Waals surface area (Å²) >= 11 is 1.45. The summed E-state index contributed by atoms with van der Waals surface area (Å²) in [5, 5.41) is 13.2. The Hall–Kier alpha value is -2.44. The van der Waals surface area contributed by atoms with Crippen molar-refractivity contribution in [1.82, 2.24) is 20.6 Å². The Morgan fingerprint density at radius 2 is 2.03 bits per heavy atom. The van der Waals surface area contributed by atoms with Crippen molar-refractivity contribution in [2.75, 3.05) is 19.6 Å². The molecule has 0 aromatic carbocycles. The number of carbonyl (C=O) groups is 5. The molecule has 0 aromatic heterocycles. The molecule has 0 aromatic rings. The van der Waals surface area contributed by atoms with E-state index in [0.717, 1.165) is 6.42 Å². The molecule has 3 saturated heterocycles. The van der Waals surface area contributed by atoms with Gasteiger partial charge in [-0.2, -0.15) is 0 Å². The number of hydrogen-bond acceptors (Lipinski definition) is 8. The lowest BCUT2D eigenvalue weighted by Crippen LogP contribution is -2.62. The van der Waals surface area contributed by atoms with Crippen LogP contribution in [0.4, 0.5) is 0 Å². The highest BCUT2D eigenvalue weighted by Crippen LogP contribution is 2.53. The highest BCUT2D eigenvalue weighted by molar-refractivity contribution is 8.03. The van der Waals surface area contributed by atoms with Crippen LogP contribution >= 0.6 is 11.8 Å². The molecule has 11 nitrogen and oxygen atoms in total. The van der Waals surface area contributed by atoms with Crippen LogP contribution in [0.25, 0.3) is 0 Å². The summed E-state index contributed by atoms with van der Waals surface area (Å²) in [4.78, 5) is 70.9. The third-order valence-corrected chi connectivity index (χ3v) is 9.48. The van der Waals surface area contributed by atoms with E-state index in [1.165, 1.54) is 23.6 Å². The Morgan fingerprint density at radius 3 is 2.68 bits per heavy atom. The maximum Gasteiger partial charge on any atom is 0.353 e. The van der Waals surface area contributed by atoms with E-state index in [-0.39, 0.29) is 70.4 Å². The summed E-state index contributed by atoms with van der Waals surface area (Å²) in [5.41, 5.74) is 2.50. The SMILES string of the molecule is CCCC(=O)NO[C@H]1CCN(C(=O)[C@@H]2C[C@H](SC3=C(C(=O)O)N4C(=O)[C@H]([C@@H](C)CC(C)=O)[C@H]4[C@H]3C)CN2)C1. The molecule has 38 heavy (non-hydrogen) atoms. The van der Waals surface area contributed by atoms with Crippen molar-refractivity contribution < 1.29 is 33.9 Å². The molecule has 0 radical (unpaired) electrons. The summed E-state index contributed by atoms with van der Waals surface area (Å²) in [7, 11) is 0. The maximum absolute atomic E-state index is 13.1. The molecular formula is C26H38N4O7S. The van der Waals surface area contributed by atoms with Crippen LogP contribution in [0.5, 0.6) is 0 Å². The van der Waals surface area contributed by atoms with E-state index in [0.29, 0.717) is 50.2 Å². The van der Waals surface area contributed by atoms with Crippen molar-refractivity contribution in [2.24, 2.45) is 17.8 Å². The normalized spacial score (nSPS) is 31.3. The molecule has 12 heteroatoms. The lowest BCUT2D eigenvalue weighted by Gasteiger charge is -2.47. The standard InChI is InChI=1S/C26H38N4O7S/c1-5-6-19(32)28-37-16-7-8-29(12-16)24(33)18-10-17(11-27-18)38-23-15(4)21-20(13(2)9-14(3)31)25(34)30(21)22(23)26(35)36/h13,15-18,20-21,27H,5-12H2,1-4H3,(H,28,32)(H,35,36)/t13-,15+,16-,17-,18-,20+,21+/m0/s1. The van der Waals surface area contributed by atoms with Gasteiger partial charge in [-0.25, -0.2) is 10.3 Å². The minimum absolute atomic E-state index is 0.0133. The number of fused-ring (bicyclic) bond motifs is 1. The highest BCUT2D eigenvalue weighted by atomic mass is 32.2. The first-order chi connectivity index (χ1) is 18.0. The summed E-state index contributed by atoms with van der Waals surface area (Å²) < 4.78 is 0. The Bertz CT molecular complexity index is 1030. The van der Waals surface area contributed by atoms with Gasteiger partial charge in [0.15, 0.2) is 0 Å². The minimum atomic E-state index is -1.12. The minimum Gasteiger partial charge on any atom is -0.477 e. The smallest absolute Gasteiger partial charge is 0.353 e. The Balaban J connectivity index is 1.34. The zero-order chi connectivity index (χ0) is 27.7. The molecule has 3 N–H and O–H groups in total. The molecule has 4 rings (SSSR count). The topological polar surface area (TPSA) is 145 Å². The van der Waals surface area contributed by atoms with Crippen LogP contribution in [0.15, 0.2) is 10.6 Å². The van der Waals surface area contributed by atoms with Gasteiger partial charge in [0.2, 0.25) is 17.7 Å². The second-order valence-electron chi connectivity index (χ2n) is 10.9. The summed E-state index contributed by atoms with van der Waals surface area (Å²) in [5.74, 6) is -2.20. The molecule has 7 atom stereocenters. The van der Waals surface area contributed by atoms with Crippen LogP contribution in [0.1, 0.15) is 59.8 Å². The fraction of sp³-hybridized carbons (Fsp3) is 0.731. The zero-order valence-corrected chi connectivity index (χ0v) is 23.2. The summed E-state index contributed by atoms with van der Waals surface area (Å²) in [6.07, 6.45) is 2.37. The average Bonchev–Trinajstić information content (AvgIpc) is 3.56. The number of amides is 3. The van der Waals surface area contributed by atoms with Crippen molar-refractivity contribution in [3.63, 3.8) is 0 Å². The van der Waals surface area contributed by atoms with E-state index >= 15 is 0 Å². The van der Waals surface area contributed by atoms with Gasteiger partial charge in [-0.05, 0) is 32.1 Å². The van der Waals surface area contributed by atoms with Crippen molar-refractivity contribution in [2.45, 2.75) is 83.2 Å². The number of β-lactam (4-membered cyclic amide) rings is 1.